The van der Waals surface area contributed by atoms with Crippen LogP contribution in [0.4, 0.5) is 5.69 Å². The molecule has 0 fully saturated rings. The first-order valence-electron chi connectivity index (χ1n) is 8.32. The second kappa shape index (κ2) is 9.38. The van der Waals surface area contributed by atoms with Crippen molar-refractivity contribution < 1.29 is 9.21 Å². The summed E-state index contributed by atoms with van der Waals surface area (Å²) in [5, 5.41) is 9.13. The number of carbonyl (C=O) groups is 1. The maximum absolute atomic E-state index is 12.1. The Bertz CT molecular complexity index is 781. The highest BCUT2D eigenvalue weighted by Crippen LogP contribution is 2.20. The smallest absolute Gasteiger partial charge is 0.226 e. The van der Waals surface area contributed by atoms with Gasteiger partial charge in [0, 0.05) is 30.2 Å². The molecule has 1 amide bonds. The number of oxazole rings is 1. The van der Waals surface area contributed by atoms with E-state index in [0.29, 0.717) is 31.4 Å². The van der Waals surface area contributed by atoms with Crippen LogP contribution < -0.4 is 16.0 Å². The van der Waals surface area contributed by atoms with E-state index in [9.17, 15) is 4.79 Å². The second-order valence-electron chi connectivity index (χ2n) is 5.86. The Morgan fingerprint density at radius 1 is 1.27 bits per heavy atom. The molecule has 7 nitrogen and oxygen atoms in total. The highest BCUT2D eigenvalue weighted by Gasteiger charge is 2.08. The lowest BCUT2D eigenvalue weighted by molar-refractivity contribution is -0.116. The Morgan fingerprint density at radius 2 is 2.04 bits per heavy atom. The number of nitrogens with zero attached hydrogens (tertiary/aromatic N) is 2. The molecule has 140 valence electrons. The average molecular weight is 422 g/mol. The zero-order chi connectivity index (χ0) is 19.1. The minimum atomic E-state index is -0.0619. The van der Waals surface area contributed by atoms with Gasteiger partial charge in [-0.2, -0.15) is 0 Å². The van der Waals surface area contributed by atoms with Gasteiger partial charge in [-0.05, 0) is 38.5 Å². The molecule has 0 aliphatic carbocycles. The van der Waals surface area contributed by atoms with Gasteiger partial charge in [0.1, 0.15) is 5.76 Å². The van der Waals surface area contributed by atoms with Gasteiger partial charge in [0.2, 0.25) is 11.8 Å². The van der Waals surface area contributed by atoms with Crippen LogP contribution in [0.25, 0.3) is 0 Å². The Labute approximate surface area is 161 Å². The Balaban J connectivity index is 1.76. The first-order valence-corrected chi connectivity index (χ1v) is 9.11. The lowest BCUT2D eigenvalue weighted by atomic mass is 10.2. The van der Waals surface area contributed by atoms with Crippen LogP contribution in [0.2, 0.25) is 0 Å². The number of aromatic nitrogens is 1. The number of halogens is 1. The summed E-state index contributed by atoms with van der Waals surface area (Å²) in [5.41, 5.74) is 2.70. The largest absolute Gasteiger partial charge is 0.444 e. The van der Waals surface area contributed by atoms with Gasteiger partial charge in [0.15, 0.2) is 5.96 Å². The molecular formula is C18H24BrN5O2. The van der Waals surface area contributed by atoms with E-state index in [1.165, 1.54) is 0 Å². The fraction of sp³-hybridized carbons (Fsp3) is 0.389. The molecular weight excluding hydrogens is 398 g/mol. The van der Waals surface area contributed by atoms with Crippen molar-refractivity contribution in [3.8, 4) is 0 Å². The zero-order valence-electron chi connectivity index (χ0n) is 15.4. The van der Waals surface area contributed by atoms with Crippen molar-refractivity contribution >= 4 is 33.5 Å². The highest BCUT2D eigenvalue weighted by atomic mass is 79.9. The summed E-state index contributed by atoms with van der Waals surface area (Å²) in [6.45, 7) is 6.63. The molecule has 0 unspecified atom stereocenters. The van der Waals surface area contributed by atoms with E-state index in [0.717, 1.165) is 27.2 Å². The van der Waals surface area contributed by atoms with E-state index in [4.69, 9.17) is 4.42 Å². The van der Waals surface area contributed by atoms with E-state index in [2.05, 4.69) is 41.9 Å². The third-order valence-corrected chi connectivity index (χ3v) is 4.31. The molecule has 0 saturated heterocycles. The van der Waals surface area contributed by atoms with Gasteiger partial charge in [-0.25, -0.2) is 4.98 Å². The monoisotopic (exact) mass is 421 g/mol. The SMILES string of the molecule is CN=C(NCCC(=O)Nc1cc(Br)ccc1C)NCc1nc(C)c(C)o1. The fourth-order valence-electron chi connectivity index (χ4n) is 2.23. The number of nitrogens with one attached hydrogen (secondary N) is 3. The van der Waals surface area contributed by atoms with Crippen LogP contribution in [0.15, 0.2) is 32.1 Å². The van der Waals surface area contributed by atoms with Gasteiger partial charge in [-0.3, -0.25) is 9.79 Å². The van der Waals surface area contributed by atoms with Gasteiger partial charge < -0.3 is 20.4 Å². The number of aliphatic imine (C=N–C) groups is 1. The van der Waals surface area contributed by atoms with Crippen LogP contribution in [0.1, 0.15) is 29.3 Å². The Hall–Kier alpha value is -2.35. The number of hydrogen-bond donors (Lipinski definition) is 3. The molecule has 0 saturated carbocycles. The van der Waals surface area contributed by atoms with E-state index < -0.39 is 0 Å². The molecule has 0 bridgehead atoms. The third kappa shape index (κ3) is 5.87. The summed E-state index contributed by atoms with van der Waals surface area (Å²) in [4.78, 5) is 20.5. The number of rotatable bonds is 6. The van der Waals surface area contributed by atoms with Gasteiger partial charge in [-0.1, -0.05) is 22.0 Å². The van der Waals surface area contributed by atoms with Crippen LogP contribution in [0, 0.1) is 20.8 Å². The van der Waals surface area contributed by atoms with Gasteiger partial charge in [-0.15, -0.1) is 0 Å². The van der Waals surface area contributed by atoms with Crippen molar-refractivity contribution in [3.05, 3.63) is 45.6 Å². The number of guanidine groups is 1. The van der Waals surface area contributed by atoms with Crippen molar-refractivity contribution in [1.82, 2.24) is 15.6 Å². The number of aryl methyl sites for hydroxylation is 3. The van der Waals surface area contributed by atoms with Gasteiger partial charge in [0.05, 0.1) is 12.2 Å². The number of carbonyl (C=O) groups excluding carboxylic acids is 1. The van der Waals surface area contributed by atoms with E-state index in [1.54, 1.807) is 7.05 Å². The number of amides is 1. The average Bonchev–Trinajstić information content (AvgIpc) is 2.92. The normalized spacial score (nSPS) is 11.3. The van der Waals surface area contributed by atoms with Crippen LogP contribution in [-0.2, 0) is 11.3 Å². The summed E-state index contributed by atoms with van der Waals surface area (Å²) in [7, 11) is 1.67. The minimum Gasteiger partial charge on any atom is -0.444 e. The molecule has 1 aromatic heterocycles. The van der Waals surface area contributed by atoms with Crippen molar-refractivity contribution in [2.45, 2.75) is 33.7 Å². The quantitative estimate of drug-likeness (QED) is 0.492. The van der Waals surface area contributed by atoms with Crippen LogP contribution in [0.5, 0.6) is 0 Å². The molecule has 0 radical (unpaired) electrons. The summed E-state index contributed by atoms with van der Waals surface area (Å²) in [6.07, 6.45) is 0.323. The van der Waals surface area contributed by atoms with Crippen molar-refractivity contribution in [3.63, 3.8) is 0 Å². The fourth-order valence-corrected chi connectivity index (χ4v) is 2.59. The standard InChI is InChI=1S/C18H24BrN5O2/c1-11-5-6-14(19)9-15(11)24-16(25)7-8-21-18(20-4)22-10-17-23-12(2)13(3)26-17/h5-6,9H,7-8,10H2,1-4H3,(H,24,25)(H2,20,21,22). The number of hydrogen-bond acceptors (Lipinski definition) is 4. The summed E-state index contributed by atoms with van der Waals surface area (Å²) < 4.78 is 6.44. The Morgan fingerprint density at radius 3 is 2.69 bits per heavy atom. The zero-order valence-corrected chi connectivity index (χ0v) is 17.0. The van der Waals surface area contributed by atoms with Crippen LogP contribution in [-0.4, -0.2) is 30.4 Å². The lowest BCUT2D eigenvalue weighted by Gasteiger charge is -2.12. The highest BCUT2D eigenvalue weighted by molar-refractivity contribution is 9.10. The topological polar surface area (TPSA) is 91.5 Å². The predicted octanol–water partition coefficient (Wildman–Crippen LogP) is 3.06. The molecule has 0 aliphatic rings. The van der Waals surface area contributed by atoms with Gasteiger partial charge in [0.25, 0.3) is 0 Å². The molecule has 26 heavy (non-hydrogen) atoms. The maximum Gasteiger partial charge on any atom is 0.226 e. The van der Waals surface area contributed by atoms with E-state index in [1.807, 2.05) is 39.0 Å². The predicted molar refractivity (Wildman–Crippen MR) is 106 cm³/mol. The molecule has 0 aliphatic heterocycles. The van der Waals surface area contributed by atoms with Crippen molar-refractivity contribution in [2.75, 3.05) is 18.9 Å². The van der Waals surface area contributed by atoms with Crippen molar-refractivity contribution in [2.24, 2.45) is 4.99 Å². The van der Waals surface area contributed by atoms with Crippen LogP contribution >= 0.6 is 15.9 Å². The summed E-state index contributed by atoms with van der Waals surface area (Å²) in [5.74, 6) is 1.94. The van der Waals surface area contributed by atoms with Gasteiger partial charge >= 0.3 is 0 Å². The molecule has 2 aromatic rings. The molecule has 1 heterocycles. The summed E-state index contributed by atoms with van der Waals surface area (Å²) in [6, 6.07) is 5.79. The Kier molecular flexibility index (Phi) is 7.20. The number of anilines is 1. The van der Waals surface area contributed by atoms with E-state index >= 15 is 0 Å². The minimum absolute atomic E-state index is 0.0619. The molecule has 8 heteroatoms. The third-order valence-electron chi connectivity index (χ3n) is 3.82. The molecule has 3 N–H and O–H groups in total. The molecule has 1 aromatic carbocycles. The molecule has 0 atom stereocenters. The first kappa shape index (κ1) is 20.0. The second-order valence-corrected chi connectivity index (χ2v) is 6.77. The molecule has 0 spiro atoms. The maximum atomic E-state index is 12.1. The number of benzene rings is 1. The van der Waals surface area contributed by atoms with Crippen molar-refractivity contribution in [1.29, 1.82) is 0 Å². The van der Waals surface area contributed by atoms with Crippen LogP contribution in [0.3, 0.4) is 0 Å². The lowest BCUT2D eigenvalue weighted by Crippen LogP contribution is -2.38. The molecule has 2 rings (SSSR count). The van der Waals surface area contributed by atoms with E-state index in [-0.39, 0.29) is 5.91 Å². The first-order chi connectivity index (χ1) is 12.4. The summed E-state index contributed by atoms with van der Waals surface area (Å²) >= 11 is 3.41.